The van der Waals surface area contributed by atoms with Gasteiger partial charge < -0.3 is 25.2 Å². The quantitative estimate of drug-likeness (QED) is 0.402. The van der Waals surface area contributed by atoms with Crippen LogP contribution in [0.2, 0.25) is 0 Å². The molecular weight excluding hydrogens is 405 g/mol. The van der Waals surface area contributed by atoms with E-state index in [9.17, 15) is 4.39 Å². The molecule has 3 rings (SSSR count). The summed E-state index contributed by atoms with van der Waals surface area (Å²) >= 11 is 0. The van der Waals surface area contributed by atoms with Crippen molar-refractivity contribution in [1.29, 1.82) is 0 Å². The molecule has 1 saturated carbocycles. The monoisotopic (exact) mass is 447 g/mol. The van der Waals surface area contributed by atoms with Gasteiger partial charge in [-0.05, 0) is 62.8 Å². The summed E-state index contributed by atoms with van der Waals surface area (Å²) in [4.78, 5) is 9.86. The number of hydrogen-bond acceptors (Lipinski definition) is 4. The Bertz CT molecular complexity index is 731. The first-order valence-corrected chi connectivity index (χ1v) is 12.4. The molecule has 2 N–H and O–H groups in total. The lowest BCUT2D eigenvalue weighted by atomic mass is 10.1. The Balaban J connectivity index is 1.49. The van der Waals surface area contributed by atoms with Crippen molar-refractivity contribution in [3.8, 4) is 5.75 Å². The van der Waals surface area contributed by atoms with E-state index >= 15 is 0 Å². The molecule has 1 heterocycles. The molecule has 1 aromatic rings. The third-order valence-corrected chi connectivity index (χ3v) is 6.37. The highest BCUT2D eigenvalue weighted by atomic mass is 19.1. The predicted octanol–water partition coefficient (Wildman–Crippen LogP) is 3.50. The van der Waals surface area contributed by atoms with Crippen LogP contribution >= 0.6 is 0 Å². The van der Waals surface area contributed by atoms with E-state index in [1.165, 1.54) is 12.8 Å². The van der Waals surface area contributed by atoms with Crippen molar-refractivity contribution in [2.45, 2.75) is 46.6 Å². The number of nitrogens with zero attached hydrogens (tertiary/aromatic N) is 3. The Morgan fingerprint density at radius 2 is 1.88 bits per heavy atom. The second kappa shape index (κ2) is 12.4. The van der Waals surface area contributed by atoms with Gasteiger partial charge in [0.1, 0.15) is 0 Å². The molecule has 2 atom stereocenters. The molecule has 0 amide bonds. The Hall–Kier alpha value is -1.86. The first-order chi connectivity index (χ1) is 15.5. The second-order valence-electron chi connectivity index (χ2n) is 9.37. The van der Waals surface area contributed by atoms with Crippen molar-refractivity contribution in [2.75, 3.05) is 59.0 Å². The number of rotatable bonds is 11. The molecule has 32 heavy (non-hydrogen) atoms. The van der Waals surface area contributed by atoms with Crippen LogP contribution in [0.15, 0.2) is 23.2 Å². The number of hydrogen-bond donors (Lipinski definition) is 2. The average molecular weight is 448 g/mol. The molecule has 0 bridgehead atoms. The van der Waals surface area contributed by atoms with Crippen LogP contribution in [0.3, 0.4) is 0 Å². The van der Waals surface area contributed by atoms with Gasteiger partial charge in [0, 0.05) is 45.8 Å². The number of likely N-dealkylation sites (N-methyl/N-ethyl adjacent to an activating group) is 1. The van der Waals surface area contributed by atoms with E-state index in [1.807, 2.05) is 13.0 Å². The fourth-order valence-electron chi connectivity index (χ4n) is 4.04. The Kier molecular flexibility index (Phi) is 9.60. The van der Waals surface area contributed by atoms with Crippen LogP contribution in [0, 0.1) is 17.7 Å². The van der Waals surface area contributed by atoms with Gasteiger partial charge in [-0.1, -0.05) is 19.9 Å². The van der Waals surface area contributed by atoms with Crippen molar-refractivity contribution in [2.24, 2.45) is 16.8 Å². The van der Waals surface area contributed by atoms with Gasteiger partial charge in [-0.15, -0.1) is 0 Å². The SMILES string of the molecule is CCNC(=NCC(C)CN1CCN(CC)CC1)NC(C)c1ccc(OCC2CC2)c(F)c1. The summed E-state index contributed by atoms with van der Waals surface area (Å²) in [6.07, 6.45) is 2.39. The molecule has 6 nitrogen and oxygen atoms in total. The molecule has 0 radical (unpaired) electrons. The summed E-state index contributed by atoms with van der Waals surface area (Å²) in [5.74, 6) is 1.92. The highest BCUT2D eigenvalue weighted by Gasteiger charge is 2.23. The van der Waals surface area contributed by atoms with Gasteiger partial charge in [0.05, 0.1) is 12.6 Å². The van der Waals surface area contributed by atoms with Crippen LogP contribution in [0.5, 0.6) is 5.75 Å². The number of guanidine groups is 1. The fourth-order valence-corrected chi connectivity index (χ4v) is 4.04. The second-order valence-corrected chi connectivity index (χ2v) is 9.37. The summed E-state index contributed by atoms with van der Waals surface area (Å²) in [5, 5.41) is 6.75. The molecule has 1 saturated heterocycles. The highest BCUT2D eigenvalue weighted by Crippen LogP contribution is 2.30. The third kappa shape index (κ3) is 7.93. The number of benzene rings is 1. The maximum absolute atomic E-state index is 14.5. The molecule has 0 spiro atoms. The van der Waals surface area contributed by atoms with Gasteiger partial charge in [-0.3, -0.25) is 4.99 Å². The lowest BCUT2D eigenvalue weighted by molar-refractivity contribution is 0.125. The summed E-state index contributed by atoms with van der Waals surface area (Å²) in [6.45, 7) is 17.6. The van der Waals surface area contributed by atoms with E-state index < -0.39 is 0 Å². The molecule has 180 valence electrons. The van der Waals surface area contributed by atoms with Crippen molar-refractivity contribution in [3.05, 3.63) is 29.6 Å². The number of halogens is 1. The van der Waals surface area contributed by atoms with Crippen molar-refractivity contribution >= 4 is 5.96 Å². The van der Waals surface area contributed by atoms with E-state index in [0.29, 0.717) is 24.2 Å². The van der Waals surface area contributed by atoms with Gasteiger partial charge in [0.2, 0.25) is 0 Å². The Morgan fingerprint density at radius 3 is 2.50 bits per heavy atom. The predicted molar refractivity (Wildman–Crippen MR) is 130 cm³/mol. The largest absolute Gasteiger partial charge is 0.490 e. The smallest absolute Gasteiger partial charge is 0.191 e. The zero-order chi connectivity index (χ0) is 22.9. The molecule has 2 aliphatic rings. The minimum Gasteiger partial charge on any atom is -0.490 e. The van der Waals surface area contributed by atoms with Crippen LogP contribution in [0.1, 0.15) is 52.1 Å². The van der Waals surface area contributed by atoms with Gasteiger partial charge in [-0.2, -0.15) is 0 Å². The molecule has 2 fully saturated rings. The molecular formula is C25H42FN5O. The number of aliphatic imine (C=N–C) groups is 1. The molecule has 1 aliphatic heterocycles. The van der Waals surface area contributed by atoms with Gasteiger partial charge in [0.15, 0.2) is 17.5 Å². The molecule has 0 aromatic heterocycles. The zero-order valence-corrected chi connectivity index (χ0v) is 20.4. The minimum absolute atomic E-state index is 0.0581. The molecule has 1 aromatic carbocycles. The minimum atomic E-state index is -0.296. The van der Waals surface area contributed by atoms with Crippen LogP contribution in [-0.2, 0) is 0 Å². The summed E-state index contributed by atoms with van der Waals surface area (Å²) < 4.78 is 20.1. The van der Waals surface area contributed by atoms with Crippen molar-refractivity contribution in [3.63, 3.8) is 0 Å². The maximum Gasteiger partial charge on any atom is 0.191 e. The fraction of sp³-hybridized carbons (Fsp3) is 0.720. The van der Waals surface area contributed by atoms with Gasteiger partial charge >= 0.3 is 0 Å². The summed E-state index contributed by atoms with van der Waals surface area (Å²) in [5.41, 5.74) is 0.883. The normalized spacial score (nSPS) is 20.1. The lowest BCUT2D eigenvalue weighted by Crippen LogP contribution is -2.47. The lowest BCUT2D eigenvalue weighted by Gasteiger charge is -2.35. The molecule has 2 unspecified atom stereocenters. The van der Waals surface area contributed by atoms with Crippen molar-refractivity contribution in [1.82, 2.24) is 20.4 Å². The molecule has 7 heteroatoms. The van der Waals surface area contributed by atoms with E-state index in [-0.39, 0.29) is 11.9 Å². The van der Waals surface area contributed by atoms with E-state index in [0.717, 1.165) is 63.9 Å². The van der Waals surface area contributed by atoms with Crippen LogP contribution in [-0.4, -0.2) is 74.7 Å². The zero-order valence-electron chi connectivity index (χ0n) is 20.4. The number of piperazine rings is 1. The van der Waals surface area contributed by atoms with E-state index in [4.69, 9.17) is 9.73 Å². The first-order valence-electron chi connectivity index (χ1n) is 12.4. The Morgan fingerprint density at radius 1 is 1.16 bits per heavy atom. The third-order valence-electron chi connectivity index (χ3n) is 6.37. The first kappa shape index (κ1) is 24.8. The average Bonchev–Trinajstić information content (AvgIpc) is 3.62. The van der Waals surface area contributed by atoms with Crippen molar-refractivity contribution < 1.29 is 9.13 Å². The standard InChI is InChI=1S/C25H42FN5O/c1-5-27-25(28-16-19(3)17-31-13-11-30(6-2)12-14-31)29-20(4)22-9-10-24(23(26)15-22)32-18-21-7-8-21/h9-10,15,19-21H,5-8,11-14,16-18H2,1-4H3,(H2,27,28,29). The van der Waals surface area contributed by atoms with Crippen LogP contribution in [0.4, 0.5) is 4.39 Å². The van der Waals surface area contributed by atoms with Crippen LogP contribution in [0.25, 0.3) is 0 Å². The van der Waals surface area contributed by atoms with E-state index in [1.54, 1.807) is 12.1 Å². The van der Waals surface area contributed by atoms with Gasteiger partial charge in [-0.25, -0.2) is 4.39 Å². The topological polar surface area (TPSA) is 52.1 Å². The number of ether oxygens (including phenoxy) is 1. The number of nitrogens with one attached hydrogen (secondary N) is 2. The Labute approximate surface area is 193 Å². The summed E-state index contributed by atoms with van der Waals surface area (Å²) in [6, 6.07) is 5.19. The molecule has 1 aliphatic carbocycles. The highest BCUT2D eigenvalue weighted by molar-refractivity contribution is 5.80. The van der Waals surface area contributed by atoms with E-state index in [2.05, 4.69) is 41.2 Å². The van der Waals surface area contributed by atoms with Gasteiger partial charge in [0.25, 0.3) is 0 Å². The maximum atomic E-state index is 14.5. The summed E-state index contributed by atoms with van der Waals surface area (Å²) in [7, 11) is 0. The van der Waals surface area contributed by atoms with Crippen LogP contribution < -0.4 is 15.4 Å².